The predicted molar refractivity (Wildman–Crippen MR) is 84.1 cm³/mol. The van der Waals surface area contributed by atoms with Gasteiger partial charge in [-0.1, -0.05) is 13.3 Å². The summed E-state index contributed by atoms with van der Waals surface area (Å²) < 4.78 is 14.1. The SMILES string of the molecule is CCCCN(CCO)C(=O)c1sc2ccc(F)cc2c1N. The van der Waals surface area contributed by atoms with Gasteiger partial charge in [-0.3, -0.25) is 4.79 Å². The fourth-order valence-electron chi connectivity index (χ4n) is 2.18. The summed E-state index contributed by atoms with van der Waals surface area (Å²) in [5.41, 5.74) is 6.32. The van der Waals surface area contributed by atoms with Gasteiger partial charge in [0.1, 0.15) is 10.7 Å². The lowest BCUT2D eigenvalue weighted by Crippen LogP contribution is -2.34. The number of nitrogen functional groups attached to an aromatic ring is 1. The Morgan fingerprint density at radius 1 is 1.43 bits per heavy atom. The van der Waals surface area contributed by atoms with Crippen LogP contribution in [-0.4, -0.2) is 35.6 Å². The lowest BCUT2D eigenvalue weighted by atomic mass is 10.2. The van der Waals surface area contributed by atoms with Crippen LogP contribution in [0.2, 0.25) is 0 Å². The molecular formula is C15H19FN2O2S. The number of fused-ring (bicyclic) bond motifs is 1. The second kappa shape index (κ2) is 6.87. The van der Waals surface area contributed by atoms with Gasteiger partial charge in [0.15, 0.2) is 0 Å². The molecule has 0 aliphatic carbocycles. The van der Waals surface area contributed by atoms with Crippen molar-refractivity contribution < 1.29 is 14.3 Å². The molecule has 114 valence electrons. The van der Waals surface area contributed by atoms with Crippen molar-refractivity contribution in [2.75, 3.05) is 25.4 Å². The molecule has 1 amide bonds. The van der Waals surface area contributed by atoms with Crippen LogP contribution in [0.1, 0.15) is 29.4 Å². The van der Waals surface area contributed by atoms with Crippen LogP contribution in [0.3, 0.4) is 0 Å². The zero-order valence-corrected chi connectivity index (χ0v) is 12.8. The Kier molecular flexibility index (Phi) is 5.14. The van der Waals surface area contributed by atoms with Gasteiger partial charge >= 0.3 is 0 Å². The molecule has 1 aromatic heterocycles. The van der Waals surface area contributed by atoms with Crippen molar-refractivity contribution in [2.24, 2.45) is 0 Å². The van der Waals surface area contributed by atoms with Crippen LogP contribution in [0, 0.1) is 5.82 Å². The van der Waals surface area contributed by atoms with E-state index in [0.29, 0.717) is 22.5 Å². The van der Waals surface area contributed by atoms with Crippen LogP contribution >= 0.6 is 11.3 Å². The maximum atomic E-state index is 13.3. The Morgan fingerprint density at radius 2 is 2.19 bits per heavy atom. The van der Waals surface area contributed by atoms with Gasteiger partial charge in [-0.25, -0.2) is 4.39 Å². The molecule has 0 fully saturated rings. The van der Waals surface area contributed by atoms with Gasteiger partial charge in [-0.05, 0) is 24.6 Å². The van der Waals surface area contributed by atoms with E-state index in [9.17, 15) is 9.18 Å². The van der Waals surface area contributed by atoms with Gasteiger partial charge < -0.3 is 15.7 Å². The second-order valence-corrected chi connectivity index (χ2v) is 5.91. The van der Waals surface area contributed by atoms with E-state index in [4.69, 9.17) is 10.8 Å². The van der Waals surface area contributed by atoms with E-state index in [0.717, 1.165) is 17.5 Å². The molecule has 0 saturated heterocycles. The van der Waals surface area contributed by atoms with Crippen molar-refractivity contribution in [3.05, 3.63) is 28.9 Å². The van der Waals surface area contributed by atoms with Crippen LogP contribution in [0.5, 0.6) is 0 Å². The minimum absolute atomic E-state index is 0.0884. The van der Waals surface area contributed by atoms with Gasteiger partial charge in [0.25, 0.3) is 5.91 Å². The molecule has 1 aromatic carbocycles. The summed E-state index contributed by atoms with van der Waals surface area (Å²) in [4.78, 5) is 14.6. The van der Waals surface area contributed by atoms with Crippen LogP contribution in [-0.2, 0) is 0 Å². The number of carbonyl (C=O) groups excluding carboxylic acids is 1. The number of hydrogen-bond donors (Lipinski definition) is 2. The number of unbranched alkanes of at least 4 members (excludes halogenated alkanes) is 1. The first kappa shape index (κ1) is 15.7. The number of aliphatic hydroxyl groups is 1. The Bertz CT molecular complexity index is 642. The van der Waals surface area contributed by atoms with Crippen molar-refractivity contribution in [3.8, 4) is 0 Å². The fourth-order valence-corrected chi connectivity index (χ4v) is 3.25. The molecule has 4 nitrogen and oxygen atoms in total. The first-order valence-corrected chi connectivity index (χ1v) is 7.77. The molecule has 2 aromatic rings. The first-order chi connectivity index (χ1) is 10.1. The summed E-state index contributed by atoms with van der Waals surface area (Å²) in [6, 6.07) is 4.33. The number of anilines is 1. The van der Waals surface area contributed by atoms with Gasteiger partial charge in [-0.2, -0.15) is 0 Å². The number of aliphatic hydroxyl groups excluding tert-OH is 1. The molecule has 0 atom stereocenters. The molecule has 0 radical (unpaired) electrons. The quantitative estimate of drug-likeness (QED) is 0.862. The standard InChI is InChI=1S/C15H19FN2O2S/c1-2-3-6-18(7-8-19)15(20)14-13(17)11-9-10(16)4-5-12(11)21-14/h4-5,9,19H,2-3,6-8,17H2,1H3. The third-order valence-corrected chi connectivity index (χ3v) is 4.50. The molecule has 0 unspecified atom stereocenters. The number of halogens is 1. The van der Waals surface area contributed by atoms with Crippen molar-refractivity contribution >= 4 is 33.0 Å². The van der Waals surface area contributed by atoms with Gasteiger partial charge in [0, 0.05) is 23.2 Å². The number of rotatable bonds is 6. The average Bonchev–Trinajstić information content (AvgIpc) is 2.80. The number of nitrogens with zero attached hydrogens (tertiary/aromatic N) is 1. The largest absolute Gasteiger partial charge is 0.397 e. The summed E-state index contributed by atoms with van der Waals surface area (Å²) in [6.07, 6.45) is 1.83. The Morgan fingerprint density at radius 3 is 2.86 bits per heavy atom. The third kappa shape index (κ3) is 3.33. The zero-order chi connectivity index (χ0) is 15.4. The first-order valence-electron chi connectivity index (χ1n) is 6.96. The highest BCUT2D eigenvalue weighted by Crippen LogP contribution is 2.34. The molecule has 3 N–H and O–H groups in total. The van der Waals surface area contributed by atoms with E-state index in [1.807, 2.05) is 6.92 Å². The van der Waals surface area contributed by atoms with Crippen LogP contribution < -0.4 is 5.73 Å². The van der Waals surface area contributed by atoms with Crippen molar-refractivity contribution in [3.63, 3.8) is 0 Å². The van der Waals surface area contributed by atoms with E-state index >= 15 is 0 Å². The van der Waals surface area contributed by atoms with E-state index in [2.05, 4.69) is 0 Å². The Hall–Kier alpha value is -1.66. The number of carbonyl (C=O) groups is 1. The van der Waals surface area contributed by atoms with Crippen LogP contribution in [0.15, 0.2) is 18.2 Å². The second-order valence-electron chi connectivity index (χ2n) is 4.85. The summed E-state index contributed by atoms with van der Waals surface area (Å²) in [6.45, 7) is 2.81. The fraction of sp³-hybridized carbons (Fsp3) is 0.400. The number of hydrogen-bond acceptors (Lipinski definition) is 4. The molecule has 21 heavy (non-hydrogen) atoms. The Labute approximate surface area is 127 Å². The summed E-state index contributed by atoms with van der Waals surface area (Å²) in [5.74, 6) is -0.569. The molecule has 2 rings (SSSR count). The lowest BCUT2D eigenvalue weighted by molar-refractivity contribution is 0.0725. The molecule has 0 saturated carbocycles. The summed E-state index contributed by atoms with van der Waals surface area (Å²) in [5, 5.41) is 9.68. The van der Waals surface area contributed by atoms with E-state index in [1.165, 1.54) is 23.5 Å². The highest BCUT2D eigenvalue weighted by molar-refractivity contribution is 7.21. The maximum Gasteiger partial charge on any atom is 0.266 e. The monoisotopic (exact) mass is 310 g/mol. The topological polar surface area (TPSA) is 66.6 Å². The van der Waals surface area contributed by atoms with Gasteiger partial charge in [0.05, 0.1) is 12.3 Å². The van der Waals surface area contributed by atoms with Crippen molar-refractivity contribution in [1.82, 2.24) is 4.90 Å². The summed E-state index contributed by atoms with van der Waals surface area (Å²) >= 11 is 1.26. The molecule has 0 spiro atoms. The highest BCUT2D eigenvalue weighted by atomic mass is 32.1. The third-order valence-electron chi connectivity index (χ3n) is 3.32. The molecule has 1 heterocycles. The molecule has 0 bridgehead atoms. The number of benzene rings is 1. The number of amides is 1. The van der Waals surface area contributed by atoms with Crippen molar-refractivity contribution in [2.45, 2.75) is 19.8 Å². The molecule has 0 aliphatic rings. The van der Waals surface area contributed by atoms with E-state index < -0.39 is 0 Å². The lowest BCUT2D eigenvalue weighted by Gasteiger charge is -2.21. The molecule has 6 heteroatoms. The predicted octanol–water partition coefficient (Wildman–Crippen LogP) is 2.86. The average molecular weight is 310 g/mol. The van der Waals surface area contributed by atoms with E-state index in [1.54, 1.807) is 11.0 Å². The Balaban J connectivity index is 2.34. The maximum absolute atomic E-state index is 13.3. The number of thiophene rings is 1. The van der Waals surface area contributed by atoms with Crippen LogP contribution in [0.25, 0.3) is 10.1 Å². The molecule has 0 aliphatic heterocycles. The van der Waals surface area contributed by atoms with Gasteiger partial charge in [-0.15, -0.1) is 11.3 Å². The highest BCUT2D eigenvalue weighted by Gasteiger charge is 2.21. The van der Waals surface area contributed by atoms with Crippen LogP contribution in [0.4, 0.5) is 10.1 Å². The smallest absolute Gasteiger partial charge is 0.266 e. The summed E-state index contributed by atoms with van der Waals surface area (Å²) in [7, 11) is 0. The van der Waals surface area contributed by atoms with Gasteiger partial charge in [0.2, 0.25) is 0 Å². The zero-order valence-electron chi connectivity index (χ0n) is 11.9. The minimum Gasteiger partial charge on any atom is -0.397 e. The minimum atomic E-state index is -0.371. The van der Waals surface area contributed by atoms with E-state index in [-0.39, 0.29) is 24.9 Å². The normalized spacial score (nSPS) is 11.0. The molecular weight excluding hydrogens is 291 g/mol. The number of nitrogens with two attached hydrogens (primary N) is 1. The van der Waals surface area contributed by atoms with Crippen molar-refractivity contribution in [1.29, 1.82) is 0 Å².